The van der Waals surface area contributed by atoms with E-state index in [1.807, 2.05) is 0 Å². The van der Waals surface area contributed by atoms with Gasteiger partial charge in [0.2, 0.25) is 0 Å². The molecular formula is C12H14F2O3S. The molecule has 1 aromatic carbocycles. The van der Waals surface area contributed by atoms with Crippen LogP contribution in [0, 0.1) is 17.6 Å². The highest BCUT2D eigenvalue weighted by Crippen LogP contribution is 2.16. The van der Waals surface area contributed by atoms with E-state index < -0.39 is 33.0 Å². The van der Waals surface area contributed by atoms with Gasteiger partial charge in [0.15, 0.2) is 27.3 Å². The molecule has 0 spiro atoms. The van der Waals surface area contributed by atoms with Crippen LogP contribution in [0.25, 0.3) is 0 Å². The lowest BCUT2D eigenvalue weighted by Crippen LogP contribution is -2.21. The average molecular weight is 276 g/mol. The molecule has 6 heteroatoms. The monoisotopic (exact) mass is 276 g/mol. The summed E-state index contributed by atoms with van der Waals surface area (Å²) in [6, 6.07) is 2.28. The molecule has 0 aliphatic rings. The van der Waals surface area contributed by atoms with Crippen LogP contribution in [0.5, 0.6) is 0 Å². The molecule has 0 amide bonds. The van der Waals surface area contributed by atoms with Crippen LogP contribution in [0.15, 0.2) is 23.1 Å². The van der Waals surface area contributed by atoms with Crippen LogP contribution in [-0.2, 0) is 14.6 Å². The van der Waals surface area contributed by atoms with E-state index >= 15 is 0 Å². The molecule has 0 saturated carbocycles. The standard InChI is InChI=1S/C12H14F2O3S/c1-3-8(2)12(15)7-18(16,17)9-4-5-10(13)11(14)6-9/h4-6,8H,3,7H2,1-2H3. The minimum atomic E-state index is -3.91. The Hall–Kier alpha value is -1.30. The summed E-state index contributed by atoms with van der Waals surface area (Å²) >= 11 is 0. The van der Waals surface area contributed by atoms with Gasteiger partial charge in [0.05, 0.1) is 4.90 Å². The van der Waals surface area contributed by atoms with E-state index in [1.165, 1.54) is 0 Å². The van der Waals surface area contributed by atoms with Crippen LogP contribution >= 0.6 is 0 Å². The van der Waals surface area contributed by atoms with Gasteiger partial charge < -0.3 is 0 Å². The number of hydrogen-bond donors (Lipinski definition) is 0. The number of hydrogen-bond acceptors (Lipinski definition) is 3. The maximum Gasteiger partial charge on any atom is 0.185 e. The number of halogens is 2. The van der Waals surface area contributed by atoms with Gasteiger partial charge in [-0.1, -0.05) is 13.8 Å². The quantitative estimate of drug-likeness (QED) is 0.776. The lowest BCUT2D eigenvalue weighted by molar-refractivity contribution is -0.119. The van der Waals surface area contributed by atoms with E-state index in [0.29, 0.717) is 12.5 Å². The zero-order valence-corrected chi connectivity index (χ0v) is 10.9. The van der Waals surface area contributed by atoms with Gasteiger partial charge >= 0.3 is 0 Å². The SMILES string of the molecule is CCC(C)C(=O)CS(=O)(=O)c1ccc(F)c(F)c1. The summed E-state index contributed by atoms with van der Waals surface area (Å²) < 4.78 is 49.3. The highest BCUT2D eigenvalue weighted by atomic mass is 32.2. The summed E-state index contributed by atoms with van der Waals surface area (Å²) in [7, 11) is -3.91. The predicted molar refractivity (Wildman–Crippen MR) is 62.9 cm³/mol. The van der Waals surface area contributed by atoms with E-state index in [-0.39, 0.29) is 10.8 Å². The number of benzene rings is 1. The van der Waals surface area contributed by atoms with Gasteiger partial charge in [0, 0.05) is 5.92 Å². The Morgan fingerprint density at radius 2 is 1.89 bits per heavy atom. The van der Waals surface area contributed by atoms with E-state index in [9.17, 15) is 22.0 Å². The molecular weight excluding hydrogens is 262 g/mol. The fourth-order valence-corrected chi connectivity index (χ4v) is 2.70. The number of sulfone groups is 1. The van der Waals surface area contributed by atoms with E-state index in [0.717, 1.165) is 12.1 Å². The number of rotatable bonds is 5. The number of Topliss-reactive ketones (excluding diaryl/α,β-unsaturated/α-hetero) is 1. The zero-order chi connectivity index (χ0) is 13.9. The van der Waals surface area contributed by atoms with Crippen molar-refractivity contribution in [3.8, 4) is 0 Å². The van der Waals surface area contributed by atoms with Crippen LogP contribution in [-0.4, -0.2) is 20.0 Å². The molecule has 0 N–H and O–H groups in total. The van der Waals surface area contributed by atoms with Crippen molar-refractivity contribution in [3.05, 3.63) is 29.8 Å². The summed E-state index contributed by atoms with van der Waals surface area (Å²) in [5, 5.41) is 0. The Balaban J connectivity index is 3.00. The van der Waals surface area contributed by atoms with Crippen LogP contribution in [0.3, 0.4) is 0 Å². The van der Waals surface area contributed by atoms with Gasteiger partial charge in [-0.25, -0.2) is 17.2 Å². The fourth-order valence-electron chi connectivity index (χ4n) is 1.31. The molecule has 0 heterocycles. The van der Waals surface area contributed by atoms with Gasteiger partial charge in [0.1, 0.15) is 5.75 Å². The van der Waals surface area contributed by atoms with Gasteiger partial charge in [-0.05, 0) is 24.6 Å². The molecule has 3 nitrogen and oxygen atoms in total. The molecule has 0 aromatic heterocycles. The van der Waals surface area contributed by atoms with Crippen LogP contribution in [0.1, 0.15) is 20.3 Å². The number of ketones is 1. The molecule has 0 aliphatic carbocycles. The minimum absolute atomic E-state index is 0.370. The van der Waals surface area contributed by atoms with E-state index in [1.54, 1.807) is 13.8 Å². The maximum absolute atomic E-state index is 12.9. The van der Waals surface area contributed by atoms with Gasteiger partial charge in [0.25, 0.3) is 0 Å². The van der Waals surface area contributed by atoms with Crippen molar-refractivity contribution in [2.45, 2.75) is 25.2 Å². The second-order valence-corrected chi connectivity index (χ2v) is 6.10. The van der Waals surface area contributed by atoms with Crippen molar-refractivity contribution in [1.29, 1.82) is 0 Å². The molecule has 1 unspecified atom stereocenters. The number of carbonyl (C=O) groups is 1. The molecule has 1 atom stereocenters. The van der Waals surface area contributed by atoms with Crippen LogP contribution in [0.2, 0.25) is 0 Å². The summed E-state index contributed by atoms with van der Waals surface area (Å²) in [6.07, 6.45) is 0.534. The van der Waals surface area contributed by atoms with Crippen LogP contribution in [0.4, 0.5) is 8.78 Å². The summed E-state index contributed by atoms with van der Waals surface area (Å²) in [5.74, 6) is -3.85. The molecule has 100 valence electrons. The Morgan fingerprint density at radius 1 is 1.28 bits per heavy atom. The summed E-state index contributed by atoms with van der Waals surface area (Å²) in [6.45, 7) is 3.40. The Kier molecular flexibility index (Phi) is 4.56. The Bertz CT molecular complexity index is 552. The first-order chi connectivity index (χ1) is 8.27. The first kappa shape index (κ1) is 14.8. The third-order valence-corrected chi connectivity index (χ3v) is 4.38. The van der Waals surface area contributed by atoms with Gasteiger partial charge in [-0.2, -0.15) is 0 Å². The zero-order valence-electron chi connectivity index (χ0n) is 10.1. The summed E-state index contributed by atoms with van der Waals surface area (Å²) in [4.78, 5) is 11.2. The fraction of sp³-hybridized carbons (Fsp3) is 0.417. The molecule has 1 aromatic rings. The van der Waals surface area contributed by atoms with E-state index in [2.05, 4.69) is 0 Å². The predicted octanol–water partition coefficient (Wildman–Crippen LogP) is 2.35. The van der Waals surface area contributed by atoms with Crippen molar-refractivity contribution < 1.29 is 22.0 Å². The average Bonchev–Trinajstić information content (AvgIpc) is 2.30. The summed E-state index contributed by atoms with van der Waals surface area (Å²) in [5.41, 5.74) is 0. The van der Waals surface area contributed by atoms with Gasteiger partial charge in [-0.3, -0.25) is 4.79 Å². The Morgan fingerprint density at radius 3 is 2.39 bits per heavy atom. The molecule has 0 saturated heterocycles. The van der Waals surface area contributed by atoms with Crippen molar-refractivity contribution in [1.82, 2.24) is 0 Å². The second-order valence-electron chi connectivity index (χ2n) is 4.11. The first-order valence-corrected chi connectivity index (χ1v) is 7.13. The second kappa shape index (κ2) is 5.56. The molecule has 0 fully saturated rings. The van der Waals surface area contributed by atoms with Crippen molar-refractivity contribution >= 4 is 15.6 Å². The van der Waals surface area contributed by atoms with E-state index in [4.69, 9.17) is 0 Å². The third kappa shape index (κ3) is 3.35. The normalized spacial score (nSPS) is 13.3. The number of carbonyl (C=O) groups excluding carboxylic acids is 1. The first-order valence-electron chi connectivity index (χ1n) is 5.48. The minimum Gasteiger partial charge on any atom is -0.298 e. The largest absolute Gasteiger partial charge is 0.298 e. The van der Waals surface area contributed by atoms with Crippen molar-refractivity contribution in [3.63, 3.8) is 0 Å². The third-order valence-electron chi connectivity index (χ3n) is 2.74. The highest BCUT2D eigenvalue weighted by molar-refractivity contribution is 7.92. The smallest absolute Gasteiger partial charge is 0.185 e. The molecule has 0 bridgehead atoms. The molecule has 1 rings (SSSR count). The van der Waals surface area contributed by atoms with Gasteiger partial charge in [-0.15, -0.1) is 0 Å². The topological polar surface area (TPSA) is 51.2 Å². The molecule has 0 radical (unpaired) electrons. The molecule has 18 heavy (non-hydrogen) atoms. The van der Waals surface area contributed by atoms with Crippen LogP contribution < -0.4 is 0 Å². The highest BCUT2D eigenvalue weighted by Gasteiger charge is 2.23. The van der Waals surface area contributed by atoms with Crippen molar-refractivity contribution in [2.75, 3.05) is 5.75 Å². The lowest BCUT2D eigenvalue weighted by atomic mass is 10.1. The maximum atomic E-state index is 12.9. The lowest BCUT2D eigenvalue weighted by Gasteiger charge is -2.08. The van der Waals surface area contributed by atoms with Crippen molar-refractivity contribution in [2.24, 2.45) is 5.92 Å². The Labute approximate surface area is 105 Å². The molecule has 0 aliphatic heterocycles.